The van der Waals surface area contributed by atoms with Crippen LogP contribution in [-0.4, -0.2) is 116 Å². The third kappa shape index (κ3) is 7.12. The Balaban J connectivity index is 0.919. The van der Waals surface area contributed by atoms with Crippen LogP contribution < -0.4 is 14.4 Å². The SMILES string of the molecule is CC(C)N(C(=O)c1cc(F)ccc1Oc1cncnc1N1CC2(CCN(C[C@@H]3CC[C@@H](NS(=O)(=O)C4COC4)CO3)CC2)C1)C1CC1. The number of benzene rings is 1. The fourth-order valence-corrected chi connectivity index (χ4v) is 8.70. The number of carbonyl (C=O) groups excluding carboxylic acids is 1. The van der Waals surface area contributed by atoms with E-state index in [2.05, 4.69) is 24.5 Å². The molecule has 0 radical (unpaired) electrons. The number of rotatable bonds is 11. The standard InChI is InChI=1S/C33H45FN6O6S/c1-22(2)40(25-5-6-25)32(41)28-13-23(34)3-8-29(28)46-30-14-35-21-36-31(30)39-19-33(20-39)9-11-38(12-10-33)15-26-7-4-24(16-45-26)37-47(42,43)27-17-44-18-27/h3,8,13-14,21-22,24-27,37H,4-7,9-12,15-20H2,1-2H3/t24-,26+/m1/s1. The molecule has 1 N–H and O–H groups in total. The number of likely N-dealkylation sites (tertiary alicyclic amines) is 1. The lowest BCUT2D eigenvalue weighted by atomic mass is 9.72. The first-order valence-corrected chi connectivity index (χ1v) is 18.4. The molecule has 1 aromatic carbocycles. The molecule has 2 atom stereocenters. The molecule has 47 heavy (non-hydrogen) atoms. The quantitative estimate of drug-likeness (QED) is 0.381. The van der Waals surface area contributed by atoms with Crippen LogP contribution in [0.1, 0.15) is 62.7 Å². The molecule has 0 unspecified atom stereocenters. The number of ether oxygens (including phenoxy) is 3. The molecule has 4 saturated heterocycles. The molecule has 7 rings (SSSR count). The summed E-state index contributed by atoms with van der Waals surface area (Å²) in [5.41, 5.74) is 0.398. The molecule has 1 spiro atoms. The van der Waals surface area contributed by atoms with Gasteiger partial charge in [-0.15, -0.1) is 0 Å². The molecular formula is C33H45FN6O6S. The van der Waals surface area contributed by atoms with E-state index in [0.717, 1.165) is 71.2 Å². The average Bonchev–Trinajstić information content (AvgIpc) is 3.82. The van der Waals surface area contributed by atoms with Crippen LogP contribution >= 0.6 is 0 Å². The van der Waals surface area contributed by atoms with Gasteiger partial charge in [-0.25, -0.2) is 27.5 Å². The zero-order chi connectivity index (χ0) is 32.8. The molecule has 1 aromatic heterocycles. The van der Waals surface area contributed by atoms with Gasteiger partial charge in [0.15, 0.2) is 11.6 Å². The van der Waals surface area contributed by atoms with Crippen LogP contribution in [0.4, 0.5) is 10.2 Å². The molecule has 5 aliphatic rings. The van der Waals surface area contributed by atoms with E-state index in [-0.39, 0.29) is 54.3 Å². The summed E-state index contributed by atoms with van der Waals surface area (Å²) in [6.45, 7) is 9.40. The van der Waals surface area contributed by atoms with Gasteiger partial charge in [-0.3, -0.25) is 4.79 Å². The van der Waals surface area contributed by atoms with E-state index in [1.165, 1.54) is 24.5 Å². The maximum absolute atomic E-state index is 14.4. The average molecular weight is 673 g/mol. The number of hydrogen-bond acceptors (Lipinski definition) is 10. The molecule has 2 aromatic rings. The Bertz CT molecular complexity index is 1540. The van der Waals surface area contributed by atoms with Crippen molar-refractivity contribution >= 4 is 21.7 Å². The summed E-state index contributed by atoms with van der Waals surface area (Å²) >= 11 is 0. The van der Waals surface area contributed by atoms with Gasteiger partial charge in [0.25, 0.3) is 5.91 Å². The van der Waals surface area contributed by atoms with Crippen LogP contribution in [0.25, 0.3) is 0 Å². The normalized spacial score (nSPS) is 25.0. The largest absolute Gasteiger partial charge is 0.451 e. The number of hydrogen-bond donors (Lipinski definition) is 1. The smallest absolute Gasteiger partial charge is 0.258 e. The highest BCUT2D eigenvalue weighted by Gasteiger charge is 2.46. The zero-order valence-electron chi connectivity index (χ0n) is 27.1. The van der Waals surface area contributed by atoms with Crippen molar-refractivity contribution in [2.45, 2.75) is 81.9 Å². The van der Waals surface area contributed by atoms with Gasteiger partial charge in [-0.2, -0.15) is 0 Å². The van der Waals surface area contributed by atoms with Crippen molar-refractivity contribution in [3.8, 4) is 11.5 Å². The third-order valence-electron chi connectivity index (χ3n) is 10.3. The number of amides is 1. The predicted octanol–water partition coefficient (Wildman–Crippen LogP) is 3.19. The summed E-state index contributed by atoms with van der Waals surface area (Å²) in [7, 11) is -3.35. The highest BCUT2D eigenvalue weighted by Crippen LogP contribution is 2.45. The van der Waals surface area contributed by atoms with Gasteiger partial charge in [0.05, 0.1) is 37.7 Å². The molecule has 5 heterocycles. The van der Waals surface area contributed by atoms with E-state index in [0.29, 0.717) is 23.9 Å². The molecule has 256 valence electrons. The Morgan fingerprint density at radius 2 is 1.89 bits per heavy atom. The van der Waals surface area contributed by atoms with Crippen LogP contribution in [-0.2, 0) is 19.5 Å². The van der Waals surface area contributed by atoms with Crippen molar-refractivity contribution in [2.75, 3.05) is 57.4 Å². The molecule has 5 fully saturated rings. The maximum Gasteiger partial charge on any atom is 0.258 e. The van der Waals surface area contributed by atoms with E-state index in [4.69, 9.17) is 14.2 Å². The molecule has 1 aliphatic carbocycles. The van der Waals surface area contributed by atoms with Crippen molar-refractivity contribution in [3.05, 3.63) is 42.1 Å². The number of piperidine rings is 1. The van der Waals surface area contributed by atoms with Crippen molar-refractivity contribution < 1.29 is 31.8 Å². The molecule has 12 nitrogen and oxygen atoms in total. The van der Waals surface area contributed by atoms with E-state index in [1.54, 1.807) is 6.20 Å². The van der Waals surface area contributed by atoms with Gasteiger partial charge >= 0.3 is 0 Å². The number of sulfonamides is 1. The second kappa shape index (κ2) is 13.2. The van der Waals surface area contributed by atoms with Crippen LogP contribution in [0.2, 0.25) is 0 Å². The zero-order valence-corrected chi connectivity index (χ0v) is 28.0. The number of carbonyl (C=O) groups is 1. The van der Waals surface area contributed by atoms with Crippen molar-refractivity contribution in [1.29, 1.82) is 0 Å². The van der Waals surface area contributed by atoms with Gasteiger partial charge < -0.3 is 28.9 Å². The molecular weight excluding hydrogens is 627 g/mol. The first kappa shape index (κ1) is 32.6. The summed E-state index contributed by atoms with van der Waals surface area (Å²) in [6.07, 6.45) is 8.86. The van der Waals surface area contributed by atoms with Crippen molar-refractivity contribution in [1.82, 2.24) is 24.5 Å². The highest BCUT2D eigenvalue weighted by molar-refractivity contribution is 7.90. The molecule has 0 bridgehead atoms. The Morgan fingerprint density at radius 3 is 2.53 bits per heavy atom. The second-order valence-electron chi connectivity index (χ2n) is 14.2. The highest BCUT2D eigenvalue weighted by atomic mass is 32.2. The van der Waals surface area contributed by atoms with Crippen LogP contribution in [0, 0.1) is 11.2 Å². The number of halogens is 1. The van der Waals surface area contributed by atoms with Crippen LogP contribution in [0.5, 0.6) is 11.5 Å². The van der Waals surface area contributed by atoms with E-state index in [9.17, 15) is 17.6 Å². The Hall–Kier alpha value is -2.91. The Labute approximate surface area is 276 Å². The topological polar surface area (TPSA) is 126 Å². The number of aromatic nitrogens is 2. The van der Waals surface area contributed by atoms with E-state index in [1.807, 2.05) is 18.7 Å². The second-order valence-corrected chi connectivity index (χ2v) is 16.2. The van der Waals surface area contributed by atoms with Gasteiger partial charge in [-0.1, -0.05) is 0 Å². The number of anilines is 1. The number of nitrogens with zero attached hydrogens (tertiary/aromatic N) is 5. The summed E-state index contributed by atoms with van der Waals surface area (Å²) in [4.78, 5) is 28.8. The summed E-state index contributed by atoms with van der Waals surface area (Å²) in [5.74, 6) is 0.697. The summed E-state index contributed by atoms with van der Waals surface area (Å²) in [5, 5.41) is -0.442. The minimum atomic E-state index is -3.35. The van der Waals surface area contributed by atoms with Gasteiger partial charge in [0.1, 0.15) is 23.1 Å². The fraction of sp³-hybridized carbons (Fsp3) is 0.667. The Kier molecular flexibility index (Phi) is 9.15. The predicted molar refractivity (Wildman–Crippen MR) is 173 cm³/mol. The summed E-state index contributed by atoms with van der Waals surface area (Å²) < 4.78 is 59.4. The molecule has 14 heteroatoms. The first-order valence-electron chi connectivity index (χ1n) is 16.9. The number of nitrogens with one attached hydrogen (secondary N) is 1. The molecule has 1 amide bonds. The van der Waals surface area contributed by atoms with E-state index >= 15 is 0 Å². The lowest BCUT2D eigenvalue weighted by Crippen LogP contribution is -2.61. The first-order chi connectivity index (χ1) is 22.6. The minimum Gasteiger partial charge on any atom is -0.451 e. The monoisotopic (exact) mass is 672 g/mol. The van der Waals surface area contributed by atoms with Crippen molar-refractivity contribution in [2.24, 2.45) is 5.41 Å². The third-order valence-corrected chi connectivity index (χ3v) is 12.1. The lowest BCUT2D eigenvalue weighted by molar-refractivity contribution is -0.0302. The Morgan fingerprint density at radius 1 is 1.13 bits per heavy atom. The van der Waals surface area contributed by atoms with Crippen molar-refractivity contribution in [3.63, 3.8) is 0 Å². The van der Waals surface area contributed by atoms with Gasteiger partial charge in [0, 0.05) is 43.2 Å². The van der Waals surface area contributed by atoms with Gasteiger partial charge in [0.2, 0.25) is 10.0 Å². The van der Waals surface area contributed by atoms with Crippen LogP contribution in [0.15, 0.2) is 30.7 Å². The van der Waals surface area contributed by atoms with Crippen LogP contribution in [0.3, 0.4) is 0 Å². The minimum absolute atomic E-state index is 0.00559. The molecule has 1 saturated carbocycles. The maximum atomic E-state index is 14.4. The lowest BCUT2D eigenvalue weighted by Gasteiger charge is -2.54. The van der Waals surface area contributed by atoms with Gasteiger partial charge in [-0.05, 0) is 83.7 Å². The molecule has 4 aliphatic heterocycles. The van der Waals surface area contributed by atoms with E-state index < -0.39 is 21.1 Å². The fourth-order valence-electron chi connectivity index (χ4n) is 7.30. The summed E-state index contributed by atoms with van der Waals surface area (Å²) in [6, 6.07) is 4.08.